The smallest absolute Gasteiger partial charge is 0.410 e. The van der Waals surface area contributed by atoms with Crippen LogP contribution in [0.25, 0.3) is 10.8 Å². The topological polar surface area (TPSA) is 209 Å². The first-order chi connectivity index (χ1) is 32.1. The molecule has 3 aliphatic rings. The van der Waals surface area contributed by atoms with E-state index in [1.165, 1.54) is 18.1 Å². The molecule has 0 bridgehead atoms. The summed E-state index contributed by atoms with van der Waals surface area (Å²) in [5.74, 6) is -5.51. The molecule has 3 aliphatic heterocycles. The maximum Gasteiger partial charge on any atom is 0.410 e. The highest BCUT2D eigenvalue weighted by Crippen LogP contribution is 2.44. The Morgan fingerprint density at radius 3 is 2.34 bits per heavy atom. The number of rotatable bonds is 13. The highest BCUT2D eigenvalue weighted by Gasteiger charge is 2.60. The highest BCUT2D eigenvalue weighted by atomic mass is 32.2. The van der Waals surface area contributed by atoms with Crippen LogP contribution in [0.1, 0.15) is 80.3 Å². The Labute approximate surface area is 400 Å². The first-order valence-electron chi connectivity index (χ1n) is 23.6. The number of amides is 1. The maximum atomic E-state index is 15.0. The number of ketones is 1. The number of sulfonamides is 1. The molecule has 374 valence electrons. The third kappa shape index (κ3) is 11.1. The zero-order valence-electron chi connectivity index (χ0n) is 41.1. The van der Waals surface area contributed by atoms with E-state index in [0.717, 1.165) is 5.39 Å². The van der Waals surface area contributed by atoms with Crippen LogP contribution in [0.5, 0.6) is 0 Å². The molecule has 4 heterocycles. The Morgan fingerprint density at radius 2 is 1.68 bits per heavy atom. The summed E-state index contributed by atoms with van der Waals surface area (Å²) in [5, 5.41) is 13.0. The van der Waals surface area contributed by atoms with Gasteiger partial charge in [0.1, 0.15) is 24.1 Å². The van der Waals surface area contributed by atoms with Crippen molar-refractivity contribution in [2.24, 2.45) is 23.7 Å². The van der Waals surface area contributed by atoms with Crippen molar-refractivity contribution in [1.29, 1.82) is 0 Å². The second-order valence-electron chi connectivity index (χ2n) is 19.4. The number of benzene rings is 2. The van der Waals surface area contributed by atoms with E-state index in [1.54, 1.807) is 91.1 Å². The van der Waals surface area contributed by atoms with Gasteiger partial charge in [0.15, 0.2) is 11.9 Å². The van der Waals surface area contributed by atoms with Gasteiger partial charge in [-0.05, 0) is 84.6 Å². The lowest BCUT2D eigenvalue weighted by Crippen LogP contribution is -2.61. The predicted octanol–water partition coefficient (Wildman–Crippen LogP) is 5.30. The van der Waals surface area contributed by atoms with Crippen LogP contribution in [0.2, 0.25) is 0 Å². The van der Waals surface area contributed by atoms with Gasteiger partial charge in [-0.15, -0.1) is 0 Å². The van der Waals surface area contributed by atoms with Crippen LogP contribution < -0.4 is 4.72 Å². The molecule has 3 fully saturated rings. The molecule has 18 heteroatoms. The van der Waals surface area contributed by atoms with Crippen molar-refractivity contribution >= 4 is 44.6 Å². The van der Waals surface area contributed by atoms with Gasteiger partial charge >= 0.3 is 18.0 Å². The van der Waals surface area contributed by atoms with Crippen LogP contribution in [0, 0.1) is 23.7 Å². The van der Waals surface area contributed by atoms with Gasteiger partial charge in [0, 0.05) is 55.6 Å². The predicted molar refractivity (Wildman–Crippen MR) is 252 cm³/mol. The van der Waals surface area contributed by atoms with Crippen molar-refractivity contribution in [3.8, 4) is 0 Å². The molecule has 0 spiro atoms. The second kappa shape index (κ2) is 21.6. The summed E-state index contributed by atoms with van der Waals surface area (Å²) >= 11 is 0. The van der Waals surface area contributed by atoms with Gasteiger partial charge in [-0.3, -0.25) is 24.3 Å². The summed E-state index contributed by atoms with van der Waals surface area (Å²) in [5.41, 5.74) is -2.55. The van der Waals surface area contributed by atoms with Crippen molar-refractivity contribution in [2.45, 2.75) is 146 Å². The number of nitrogens with one attached hydrogen (secondary N) is 1. The lowest BCUT2D eigenvalue weighted by molar-refractivity contribution is -0.301. The quantitative estimate of drug-likeness (QED) is 0.165. The lowest BCUT2D eigenvalue weighted by Gasteiger charge is -2.48. The van der Waals surface area contributed by atoms with E-state index in [-0.39, 0.29) is 55.2 Å². The van der Waals surface area contributed by atoms with E-state index in [0.29, 0.717) is 17.5 Å². The fraction of sp³-hybridized carbons (Fsp3) is 0.620. The van der Waals surface area contributed by atoms with Gasteiger partial charge in [0.2, 0.25) is 10.0 Å². The van der Waals surface area contributed by atoms with E-state index in [4.69, 9.17) is 28.4 Å². The van der Waals surface area contributed by atoms with Crippen LogP contribution in [-0.4, -0.2) is 147 Å². The third-order valence-corrected chi connectivity index (χ3v) is 15.9. The number of fused-ring (bicyclic) bond motifs is 2. The second-order valence-corrected chi connectivity index (χ2v) is 21.2. The number of carbonyl (C=O) groups is 4. The molecule has 68 heavy (non-hydrogen) atoms. The van der Waals surface area contributed by atoms with E-state index in [1.807, 2.05) is 44.1 Å². The zero-order valence-corrected chi connectivity index (χ0v) is 41.9. The van der Waals surface area contributed by atoms with Gasteiger partial charge in [0.25, 0.3) is 0 Å². The molecule has 0 aliphatic carbocycles. The number of Topliss-reactive ketones (excluding diaryl/α,β-unsaturated/α-hetero) is 1. The Morgan fingerprint density at radius 1 is 0.985 bits per heavy atom. The van der Waals surface area contributed by atoms with Crippen LogP contribution in [0.3, 0.4) is 0 Å². The number of methoxy groups -OCH3 is 1. The van der Waals surface area contributed by atoms with Crippen molar-refractivity contribution in [3.05, 3.63) is 72.6 Å². The van der Waals surface area contributed by atoms with Crippen molar-refractivity contribution in [1.82, 2.24) is 19.5 Å². The van der Waals surface area contributed by atoms with E-state index < -0.39 is 99.7 Å². The Balaban J connectivity index is 1.39. The lowest BCUT2D eigenvalue weighted by atomic mass is 9.73. The van der Waals surface area contributed by atoms with Gasteiger partial charge in [-0.25, -0.2) is 17.9 Å². The number of aliphatic hydroxyl groups excluding tert-OH is 1. The number of carbonyl (C=O) groups excluding carboxylic acids is 4. The molecule has 0 radical (unpaired) electrons. The van der Waals surface area contributed by atoms with E-state index in [9.17, 15) is 27.9 Å². The summed E-state index contributed by atoms with van der Waals surface area (Å²) < 4.78 is 68.5. The van der Waals surface area contributed by atoms with Crippen molar-refractivity contribution in [3.63, 3.8) is 0 Å². The number of aliphatic hydroxyl groups is 1. The molecule has 3 aromatic rings. The number of pyridine rings is 1. The maximum absolute atomic E-state index is 15.0. The average molecular weight is 967 g/mol. The standard InChI is InChI=1S/C50H70N4O13S/c1-12-39-50(8)44(54(48(59)67-50)25-24-52-68(60,61)38-22-17-19-34-18-13-14-21-36(34)38)31(4)41(56)29(2)28-49(7,62-11)45(66-47-42(57)37(53(9)10)26-30(3)63-47)32(5)43(33(6)46(58)64-39)65-40(55)27-35-20-15-16-23-51-35/h13-23,29-33,37,39,42-45,47,52,57H,12,24-28H2,1-11H3/t29-,30-,31-,32-,33-,37+,39+,42-,43-,44+,45-,47+,49-,50-/m1/s1. The molecule has 17 nitrogen and oxygen atoms in total. The minimum atomic E-state index is -4.08. The Kier molecular flexibility index (Phi) is 16.8. The minimum absolute atomic E-state index is 0.0326. The fourth-order valence-corrected chi connectivity index (χ4v) is 12.0. The van der Waals surface area contributed by atoms with Crippen molar-refractivity contribution < 1.29 is 61.1 Å². The normalized spacial score (nSPS) is 34.2. The first-order valence-corrected chi connectivity index (χ1v) is 25.1. The Bertz CT molecular complexity index is 2370. The van der Waals surface area contributed by atoms with Crippen LogP contribution >= 0.6 is 0 Å². The molecule has 2 aromatic carbocycles. The molecule has 3 saturated heterocycles. The summed E-state index contributed by atoms with van der Waals surface area (Å²) in [6.45, 7) is 13.4. The highest BCUT2D eigenvalue weighted by molar-refractivity contribution is 7.89. The zero-order chi connectivity index (χ0) is 49.9. The molecule has 0 unspecified atom stereocenters. The summed E-state index contributed by atoms with van der Waals surface area (Å²) in [7, 11) is 1.11. The van der Waals surface area contributed by atoms with Crippen LogP contribution in [-0.2, 0) is 59.2 Å². The molecule has 6 rings (SSSR count). The average Bonchev–Trinajstić information content (AvgIpc) is 3.56. The summed E-state index contributed by atoms with van der Waals surface area (Å²) in [6.07, 6.45) is -4.87. The number of likely N-dealkylation sites (N-methyl/N-ethyl adjacent to an activating group) is 1. The van der Waals surface area contributed by atoms with Crippen LogP contribution in [0.15, 0.2) is 71.8 Å². The largest absolute Gasteiger partial charge is 0.461 e. The number of esters is 2. The van der Waals surface area contributed by atoms with Crippen molar-refractivity contribution in [2.75, 3.05) is 34.3 Å². The molecular weight excluding hydrogens is 897 g/mol. The minimum Gasteiger partial charge on any atom is -0.461 e. The SMILES string of the molecule is CC[C@@H]1OC(=O)[C@H](C)[C@H](OC(=O)Cc2ccccn2)[C@@H](C)[C@@H](O[C@@H]2O[C@H](C)C[C@H](N(C)C)[C@H]2O)[C@](C)(OC)C[C@@H](C)C(=O)[C@@H](C)[C@@H]2N(CCNS(=O)(=O)c3cccc4ccccc34)C(=O)O[C@]12C. The van der Waals surface area contributed by atoms with Gasteiger partial charge in [-0.2, -0.15) is 0 Å². The number of aromatic nitrogens is 1. The van der Waals surface area contributed by atoms with Crippen LogP contribution in [0.4, 0.5) is 4.79 Å². The molecule has 14 atom stereocenters. The third-order valence-electron chi connectivity index (χ3n) is 14.3. The van der Waals surface area contributed by atoms with Gasteiger partial charge in [-0.1, -0.05) is 70.2 Å². The number of hydrogen-bond acceptors (Lipinski definition) is 15. The monoisotopic (exact) mass is 966 g/mol. The van der Waals surface area contributed by atoms with Gasteiger partial charge < -0.3 is 38.4 Å². The molecule has 1 aromatic heterocycles. The number of cyclic esters (lactones) is 1. The number of ether oxygens (including phenoxy) is 6. The molecule has 2 N–H and O–H groups in total. The first kappa shape index (κ1) is 52.8. The van der Waals surface area contributed by atoms with E-state index >= 15 is 4.79 Å². The molecule has 1 amide bonds. The van der Waals surface area contributed by atoms with Gasteiger partial charge in [0.05, 0.1) is 46.8 Å². The summed E-state index contributed by atoms with van der Waals surface area (Å²) in [6, 6.07) is 15.8. The Hall–Kier alpha value is -4.56. The fourth-order valence-electron chi connectivity index (χ4n) is 10.7. The molecule has 0 saturated carbocycles. The number of hydrogen-bond donors (Lipinski definition) is 2. The summed E-state index contributed by atoms with van der Waals surface area (Å²) in [4.78, 5) is 65.4. The molecular formula is C50H70N4O13S. The number of nitrogens with zero attached hydrogens (tertiary/aromatic N) is 3. The van der Waals surface area contributed by atoms with E-state index in [2.05, 4.69) is 9.71 Å².